The summed E-state index contributed by atoms with van der Waals surface area (Å²) in [5.74, 6) is -0.986. The molecule has 0 bridgehead atoms. The first-order chi connectivity index (χ1) is 8.30. The average molecular weight is 340 g/mol. The van der Waals surface area contributed by atoms with Crippen LogP contribution in [-0.4, -0.2) is 18.6 Å². The zero-order valence-corrected chi connectivity index (χ0v) is 11.2. The fourth-order valence-electron chi connectivity index (χ4n) is 1.17. The lowest BCUT2D eigenvalue weighted by Crippen LogP contribution is -2.09. The topological polar surface area (TPSA) is 50.1 Å². The van der Waals surface area contributed by atoms with Gasteiger partial charge in [-0.05, 0) is 39.8 Å². The van der Waals surface area contributed by atoms with Gasteiger partial charge in [0.15, 0.2) is 0 Å². The molecule has 0 aliphatic rings. The molecule has 0 saturated heterocycles. The van der Waals surface area contributed by atoms with Crippen molar-refractivity contribution in [2.75, 3.05) is 7.11 Å². The van der Waals surface area contributed by atoms with Crippen molar-refractivity contribution >= 4 is 33.7 Å². The number of carbonyl (C=O) groups is 1. The van der Waals surface area contributed by atoms with Crippen molar-refractivity contribution in [3.63, 3.8) is 0 Å². The van der Waals surface area contributed by atoms with Gasteiger partial charge in [0.05, 0.1) is 18.2 Å². The van der Waals surface area contributed by atoms with Crippen molar-refractivity contribution in [2.24, 2.45) is 0 Å². The van der Waals surface area contributed by atoms with Gasteiger partial charge in [0.1, 0.15) is 6.07 Å². The van der Waals surface area contributed by atoms with E-state index in [1.165, 1.54) is 12.1 Å². The van der Waals surface area contributed by atoms with Gasteiger partial charge in [-0.25, -0.2) is 4.79 Å². The summed E-state index contributed by atoms with van der Waals surface area (Å²) in [6, 6.07) is 4.19. The Morgan fingerprint density at radius 1 is 1.50 bits per heavy atom. The molecule has 0 radical (unpaired) electrons. The largest absolute Gasteiger partial charge is 0.465 e. The van der Waals surface area contributed by atoms with E-state index in [2.05, 4.69) is 20.7 Å². The molecule has 0 amide bonds. The number of thioether (sulfide) groups is 1. The van der Waals surface area contributed by atoms with Gasteiger partial charge in [0.25, 0.3) is 0 Å². The normalized spacial score (nSPS) is 10.9. The number of halogens is 4. The SMILES string of the molecule is COC(=O)c1c(C#N)ccc(Br)c1SC(F)(F)F. The molecular formula is C10H5BrF3NO2S. The summed E-state index contributed by atoms with van der Waals surface area (Å²) < 4.78 is 41.7. The second-order valence-corrected chi connectivity index (χ2v) is 4.88. The maximum absolute atomic E-state index is 12.4. The number of methoxy groups -OCH3 is 1. The molecule has 1 rings (SSSR count). The van der Waals surface area contributed by atoms with Gasteiger partial charge in [-0.3, -0.25) is 0 Å². The van der Waals surface area contributed by atoms with Gasteiger partial charge in [0.2, 0.25) is 0 Å². The number of ether oxygens (including phenoxy) is 1. The quantitative estimate of drug-likeness (QED) is 0.608. The van der Waals surface area contributed by atoms with Crippen molar-refractivity contribution in [3.8, 4) is 6.07 Å². The molecule has 0 unspecified atom stereocenters. The third kappa shape index (κ3) is 3.40. The van der Waals surface area contributed by atoms with Crippen LogP contribution in [0.4, 0.5) is 13.2 Å². The summed E-state index contributed by atoms with van der Waals surface area (Å²) in [6.45, 7) is 0. The molecule has 0 aromatic heterocycles. The van der Waals surface area contributed by atoms with E-state index in [1.54, 1.807) is 6.07 Å². The van der Waals surface area contributed by atoms with Crippen LogP contribution < -0.4 is 0 Å². The fourth-order valence-corrected chi connectivity index (χ4v) is 2.44. The van der Waals surface area contributed by atoms with Gasteiger partial charge >= 0.3 is 11.5 Å². The van der Waals surface area contributed by atoms with E-state index in [0.29, 0.717) is 0 Å². The number of alkyl halides is 3. The predicted molar refractivity (Wildman–Crippen MR) is 62.1 cm³/mol. The van der Waals surface area contributed by atoms with Crippen LogP contribution in [0.1, 0.15) is 15.9 Å². The molecule has 1 aromatic carbocycles. The molecule has 0 saturated carbocycles. The van der Waals surface area contributed by atoms with Crippen LogP contribution in [0.25, 0.3) is 0 Å². The van der Waals surface area contributed by atoms with Crippen LogP contribution in [0.15, 0.2) is 21.5 Å². The third-order valence-corrected chi connectivity index (χ3v) is 3.62. The van der Waals surface area contributed by atoms with E-state index in [9.17, 15) is 18.0 Å². The van der Waals surface area contributed by atoms with E-state index < -0.39 is 28.8 Å². The number of carbonyl (C=O) groups excluding carboxylic acids is 1. The van der Waals surface area contributed by atoms with Gasteiger partial charge in [-0.15, -0.1) is 0 Å². The molecule has 18 heavy (non-hydrogen) atoms. The minimum absolute atomic E-state index is 0.0734. The van der Waals surface area contributed by atoms with Crippen LogP contribution in [0, 0.1) is 11.3 Å². The maximum Gasteiger partial charge on any atom is 0.446 e. The van der Waals surface area contributed by atoms with Crippen LogP contribution in [-0.2, 0) is 4.74 Å². The Labute approximate surface area is 113 Å². The monoisotopic (exact) mass is 339 g/mol. The van der Waals surface area contributed by atoms with Crippen molar-refractivity contribution in [1.29, 1.82) is 5.26 Å². The minimum Gasteiger partial charge on any atom is -0.465 e. The summed E-state index contributed by atoms with van der Waals surface area (Å²) in [6.07, 6.45) is 0. The lowest BCUT2D eigenvalue weighted by Gasteiger charge is -2.12. The molecule has 0 heterocycles. The third-order valence-electron chi connectivity index (χ3n) is 1.84. The molecule has 1 aromatic rings. The van der Waals surface area contributed by atoms with Crippen LogP contribution in [0.2, 0.25) is 0 Å². The molecule has 96 valence electrons. The van der Waals surface area contributed by atoms with Crippen molar-refractivity contribution in [3.05, 3.63) is 27.7 Å². The van der Waals surface area contributed by atoms with E-state index in [1.807, 2.05) is 0 Å². The van der Waals surface area contributed by atoms with Crippen molar-refractivity contribution in [2.45, 2.75) is 10.4 Å². The van der Waals surface area contributed by atoms with E-state index >= 15 is 0 Å². The number of nitriles is 1. The molecule has 0 spiro atoms. The van der Waals surface area contributed by atoms with Crippen LogP contribution in [0.3, 0.4) is 0 Å². The highest BCUT2D eigenvalue weighted by atomic mass is 79.9. The first-order valence-electron chi connectivity index (χ1n) is 4.36. The fraction of sp³-hybridized carbons (Fsp3) is 0.200. The summed E-state index contributed by atoms with van der Waals surface area (Å²) in [5, 5.41) is 8.81. The van der Waals surface area contributed by atoms with E-state index in [-0.39, 0.29) is 14.9 Å². The summed E-state index contributed by atoms with van der Waals surface area (Å²) >= 11 is 2.45. The average Bonchev–Trinajstić information content (AvgIpc) is 2.29. The molecule has 0 N–H and O–H groups in total. The molecule has 3 nitrogen and oxygen atoms in total. The number of hydrogen-bond donors (Lipinski definition) is 0. The smallest absolute Gasteiger partial charge is 0.446 e. The lowest BCUT2D eigenvalue weighted by atomic mass is 10.1. The van der Waals surface area contributed by atoms with Gasteiger partial charge < -0.3 is 4.74 Å². The van der Waals surface area contributed by atoms with E-state index in [4.69, 9.17) is 5.26 Å². The molecule has 0 aliphatic heterocycles. The van der Waals surface area contributed by atoms with Crippen molar-refractivity contribution in [1.82, 2.24) is 0 Å². The number of esters is 1. The Morgan fingerprint density at radius 2 is 2.11 bits per heavy atom. The highest BCUT2D eigenvalue weighted by Crippen LogP contribution is 2.43. The second-order valence-electron chi connectivity index (χ2n) is 2.95. The maximum atomic E-state index is 12.4. The number of nitrogens with zero attached hydrogens (tertiary/aromatic N) is 1. The van der Waals surface area contributed by atoms with Crippen molar-refractivity contribution < 1.29 is 22.7 Å². The van der Waals surface area contributed by atoms with E-state index in [0.717, 1.165) is 7.11 Å². The predicted octanol–water partition coefficient (Wildman–Crippen LogP) is 3.72. The molecule has 0 fully saturated rings. The van der Waals surface area contributed by atoms with Crippen LogP contribution in [0.5, 0.6) is 0 Å². The molecule has 8 heteroatoms. The lowest BCUT2D eigenvalue weighted by molar-refractivity contribution is -0.0328. The number of rotatable bonds is 2. The van der Waals surface area contributed by atoms with Gasteiger partial charge in [-0.1, -0.05) is 0 Å². The highest BCUT2D eigenvalue weighted by molar-refractivity contribution is 9.10. The highest BCUT2D eigenvalue weighted by Gasteiger charge is 2.34. The molecule has 0 atom stereocenters. The second kappa shape index (κ2) is 5.63. The van der Waals surface area contributed by atoms with Crippen LogP contribution >= 0.6 is 27.7 Å². The summed E-state index contributed by atoms with van der Waals surface area (Å²) in [5.41, 5.74) is -5.13. The Balaban J connectivity index is 3.47. The zero-order chi connectivity index (χ0) is 13.9. The van der Waals surface area contributed by atoms with Gasteiger partial charge in [0, 0.05) is 9.37 Å². The summed E-state index contributed by atoms with van der Waals surface area (Å²) in [4.78, 5) is 11.1. The minimum atomic E-state index is -4.57. The Hall–Kier alpha value is -1.20. The Morgan fingerprint density at radius 3 is 2.56 bits per heavy atom. The zero-order valence-electron chi connectivity index (χ0n) is 8.84. The Kier molecular flexibility index (Phi) is 4.65. The molecule has 0 aliphatic carbocycles. The standard InChI is InChI=1S/C10H5BrF3NO2S/c1-17-9(16)7-5(4-15)2-3-6(11)8(7)18-10(12,13)14/h2-3H,1H3. The molecular weight excluding hydrogens is 335 g/mol. The number of hydrogen-bond acceptors (Lipinski definition) is 4. The Bertz CT molecular complexity index is 525. The number of benzene rings is 1. The van der Waals surface area contributed by atoms with Gasteiger partial charge in [-0.2, -0.15) is 18.4 Å². The first kappa shape index (κ1) is 14.9. The first-order valence-corrected chi connectivity index (χ1v) is 5.97. The summed E-state index contributed by atoms with van der Waals surface area (Å²) in [7, 11) is 1.03.